The van der Waals surface area contributed by atoms with Gasteiger partial charge in [0, 0.05) is 6.54 Å². The molecule has 112 valence electrons. The first-order chi connectivity index (χ1) is 9.19. The fraction of sp³-hybridized carbons (Fsp3) is 0.462. The average Bonchev–Trinajstić information content (AvgIpc) is 2.38. The Kier molecular flexibility index (Phi) is 4.99. The zero-order chi connectivity index (χ0) is 15.5. The molecule has 0 radical (unpaired) electrons. The lowest BCUT2D eigenvalue weighted by Gasteiger charge is -2.23. The molecule has 0 fully saturated rings. The molecular weight excluding hydrogens is 275 g/mol. The molecule has 0 aromatic heterocycles. The van der Waals surface area contributed by atoms with Crippen LogP contribution in [-0.2, 0) is 0 Å². The Balaban J connectivity index is 2.89. The second kappa shape index (κ2) is 6.13. The summed E-state index contributed by atoms with van der Waals surface area (Å²) in [7, 11) is 0. The standard InChI is InChI=1S/C13H16F3NO3/c1-3-4-13(2,20)6-17-12(19)7-5-8(14)10(16)11(18)9(7)15/h5,18,20H,3-4,6H2,1-2H3,(H,17,19). The van der Waals surface area contributed by atoms with E-state index in [9.17, 15) is 23.1 Å². The van der Waals surface area contributed by atoms with Gasteiger partial charge in [-0.25, -0.2) is 8.78 Å². The highest BCUT2D eigenvalue weighted by atomic mass is 19.2. The number of amides is 1. The summed E-state index contributed by atoms with van der Waals surface area (Å²) in [6.45, 7) is 3.14. The molecule has 4 nitrogen and oxygen atoms in total. The molecule has 0 bridgehead atoms. The van der Waals surface area contributed by atoms with Crippen LogP contribution >= 0.6 is 0 Å². The van der Waals surface area contributed by atoms with Gasteiger partial charge in [-0.15, -0.1) is 0 Å². The lowest BCUT2D eigenvalue weighted by Crippen LogP contribution is -2.40. The van der Waals surface area contributed by atoms with E-state index in [1.54, 1.807) is 0 Å². The predicted octanol–water partition coefficient (Wildman–Crippen LogP) is 2.09. The van der Waals surface area contributed by atoms with Crippen molar-refractivity contribution in [1.29, 1.82) is 0 Å². The van der Waals surface area contributed by atoms with E-state index >= 15 is 0 Å². The number of carbonyl (C=O) groups excluding carboxylic acids is 1. The van der Waals surface area contributed by atoms with Gasteiger partial charge in [0.25, 0.3) is 5.91 Å². The third-order valence-corrected chi connectivity index (χ3v) is 2.80. The van der Waals surface area contributed by atoms with Crippen molar-refractivity contribution < 1.29 is 28.2 Å². The number of nitrogens with one attached hydrogen (secondary N) is 1. The first kappa shape index (κ1) is 16.3. The van der Waals surface area contributed by atoms with Gasteiger partial charge in [0.2, 0.25) is 5.82 Å². The molecule has 0 spiro atoms. The van der Waals surface area contributed by atoms with Crippen LogP contribution in [0, 0.1) is 17.5 Å². The lowest BCUT2D eigenvalue weighted by atomic mass is 10.0. The largest absolute Gasteiger partial charge is 0.503 e. The van der Waals surface area contributed by atoms with Crippen LogP contribution in [0.5, 0.6) is 5.75 Å². The number of benzene rings is 1. The molecule has 20 heavy (non-hydrogen) atoms. The van der Waals surface area contributed by atoms with Gasteiger partial charge in [0.05, 0.1) is 11.2 Å². The van der Waals surface area contributed by atoms with Crippen LogP contribution in [0.4, 0.5) is 13.2 Å². The molecule has 1 rings (SSSR count). The monoisotopic (exact) mass is 291 g/mol. The van der Waals surface area contributed by atoms with E-state index in [0.29, 0.717) is 18.9 Å². The normalized spacial score (nSPS) is 13.9. The molecule has 0 saturated heterocycles. The van der Waals surface area contributed by atoms with Crippen molar-refractivity contribution in [3.05, 3.63) is 29.1 Å². The number of halogens is 3. The van der Waals surface area contributed by atoms with Gasteiger partial charge < -0.3 is 15.5 Å². The molecule has 1 unspecified atom stereocenters. The van der Waals surface area contributed by atoms with Crippen LogP contribution in [0.2, 0.25) is 0 Å². The summed E-state index contributed by atoms with van der Waals surface area (Å²) in [5.74, 6) is -7.42. The summed E-state index contributed by atoms with van der Waals surface area (Å²) in [4.78, 5) is 11.7. The highest BCUT2D eigenvalue weighted by molar-refractivity contribution is 5.95. The van der Waals surface area contributed by atoms with Gasteiger partial charge in [-0.1, -0.05) is 13.3 Å². The van der Waals surface area contributed by atoms with Crippen LogP contribution in [0.3, 0.4) is 0 Å². The molecular formula is C13H16F3NO3. The van der Waals surface area contributed by atoms with E-state index in [4.69, 9.17) is 5.11 Å². The van der Waals surface area contributed by atoms with Crippen molar-refractivity contribution in [2.75, 3.05) is 6.54 Å². The van der Waals surface area contributed by atoms with Crippen molar-refractivity contribution in [3.8, 4) is 5.75 Å². The van der Waals surface area contributed by atoms with Gasteiger partial charge in [-0.05, 0) is 19.4 Å². The second-order valence-electron chi connectivity index (χ2n) is 4.81. The van der Waals surface area contributed by atoms with E-state index in [0.717, 1.165) is 0 Å². The summed E-state index contributed by atoms with van der Waals surface area (Å²) in [5, 5.41) is 21.1. The molecule has 1 amide bonds. The molecule has 1 aromatic carbocycles. The van der Waals surface area contributed by atoms with Gasteiger partial charge in [-0.3, -0.25) is 4.79 Å². The van der Waals surface area contributed by atoms with Crippen LogP contribution in [0.1, 0.15) is 37.0 Å². The molecule has 3 N–H and O–H groups in total. The van der Waals surface area contributed by atoms with E-state index in [2.05, 4.69) is 5.32 Å². The maximum atomic E-state index is 13.5. The van der Waals surface area contributed by atoms with Crippen LogP contribution in [0.15, 0.2) is 6.07 Å². The van der Waals surface area contributed by atoms with Crippen LogP contribution < -0.4 is 5.32 Å². The van der Waals surface area contributed by atoms with E-state index in [-0.39, 0.29) is 6.54 Å². The Bertz CT molecular complexity index is 518. The molecule has 0 aliphatic carbocycles. The van der Waals surface area contributed by atoms with Gasteiger partial charge in [0.1, 0.15) is 0 Å². The Labute approximate surface area is 114 Å². The maximum Gasteiger partial charge on any atom is 0.254 e. The summed E-state index contributed by atoms with van der Waals surface area (Å²) in [6, 6.07) is 0.355. The highest BCUT2D eigenvalue weighted by Crippen LogP contribution is 2.25. The number of aromatic hydroxyl groups is 1. The average molecular weight is 291 g/mol. The zero-order valence-corrected chi connectivity index (χ0v) is 11.1. The van der Waals surface area contributed by atoms with Crippen LogP contribution in [0.25, 0.3) is 0 Å². The molecule has 0 aliphatic heterocycles. The molecule has 1 atom stereocenters. The molecule has 7 heteroatoms. The number of hydrogen-bond acceptors (Lipinski definition) is 3. The maximum absolute atomic E-state index is 13.5. The number of carbonyl (C=O) groups is 1. The summed E-state index contributed by atoms with van der Waals surface area (Å²) >= 11 is 0. The van der Waals surface area contributed by atoms with Gasteiger partial charge in [0.15, 0.2) is 17.4 Å². The lowest BCUT2D eigenvalue weighted by molar-refractivity contribution is 0.0468. The van der Waals surface area contributed by atoms with Gasteiger partial charge >= 0.3 is 0 Å². The summed E-state index contributed by atoms with van der Waals surface area (Å²) in [5.41, 5.74) is -2.02. The minimum absolute atomic E-state index is 0.182. The Morgan fingerprint density at radius 2 is 1.95 bits per heavy atom. The number of aliphatic hydroxyl groups is 1. The van der Waals surface area contributed by atoms with Crippen LogP contribution in [-0.4, -0.2) is 28.3 Å². The van der Waals surface area contributed by atoms with E-state index < -0.39 is 40.3 Å². The topological polar surface area (TPSA) is 69.6 Å². The minimum atomic E-state index is -1.75. The molecule has 0 heterocycles. The van der Waals surface area contributed by atoms with Crippen molar-refractivity contribution in [3.63, 3.8) is 0 Å². The first-order valence-electron chi connectivity index (χ1n) is 6.06. The second-order valence-corrected chi connectivity index (χ2v) is 4.81. The van der Waals surface area contributed by atoms with Crippen molar-refractivity contribution in [2.24, 2.45) is 0 Å². The third kappa shape index (κ3) is 3.63. The molecule has 0 aliphatic rings. The van der Waals surface area contributed by atoms with Gasteiger partial charge in [-0.2, -0.15) is 4.39 Å². The quantitative estimate of drug-likeness (QED) is 0.728. The molecule has 0 saturated carbocycles. The fourth-order valence-corrected chi connectivity index (χ4v) is 1.75. The Morgan fingerprint density at radius 3 is 2.50 bits per heavy atom. The number of hydrogen-bond donors (Lipinski definition) is 3. The molecule has 1 aromatic rings. The number of phenolic OH excluding ortho intramolecular Hbond substituents is 1. The Morgan fingerprint density at radius 1 is 1.35 bits per heavy atom. The van der Waals surface area contributed by atoms with E-state index in [1.807, 2.05) is 6.92 Å². The van der Waals surface area contributed by atoms with Crippen molar-refractivity contribution >= 4 is 5.91 Å². The first-order valence-corrected chi connectivity index (χ1v) is 6.06. The third-order valence-electron chi connectivity index (χ3n) is 2.80. The smallest absolute Gasteiger partial charge is 0.254 e. The number of rotatable bonds is 5. The number of phenols is 1. The summed E-state index contributed by atoms with van der Waals surface area (Å²) in [6.07, 6.45) is 1.07. The highest BCUT2D eigenvalue weighted by Gasteiger charge is 2.25. The summed E-state index contributed by atoms with van der Waals surface area (Å²) < 4.78 is 39.4. The fourth-order valence-electron chi connectivity index (χ4n) is 1.75. The van der Waals surface area contributed by atoms with Crippen molar-refractivity contribution in [2.45, 2.75) is 32.3 Å². The Hall–Kier alpha value is -1.76. The zero-order valence-electron chi connectivity index (χ0n) is 11.1. The van der Waals surface area contributed by atoms with Crippen molar-refractivity contribution in [1.82, 2.24) is 5.32 Å². The SMILES string of the molecule is CCCC(C)(O)CNC(=O)c1cc(F)c(F)c(O)c1F. The minimum Gasteiger partial charge on any atom is -0.503 e. The predicted molar refractivity (Wildman–Crippen MR) is 65.8 cm³/mol. The van der Waals surface area contributed by atoms with E-state index in [1.165, 1.54) is 6.92 Å².